The molecule has 6 heteroatoms. The van der Waals surface area contributed by atoms with E-state index in [9.17, 15) is 0 Å². The third-order valence-corrected chi connectivity index (χ3v) is 4.21. The van der Waals surface area contributed by atoms with Gasteiger partial charge in [0.25, 0.3) is 0 Å². The van der Waals surface area contributed by atoms with Crippen molar-refractivity contribution in [3.8, 4) is 23.1 Å². The Kier molecular flexibility index (Phi) is 5.49. The van der Waals surface area contributed by atoms with Crippen LogP contribution in [0.1, 0.15) is 25.1 Å². The summed E-state index contributed by atoms with van der Waals surface area (Å²) in [4.78, 5) is 2.28. The van der Waals surface area contributed by atoms with Crippen molar-refractivity contribution in [2.75, 3.05) is 18.0 Å². The van der Waals surface area contributed by atoms with Crippen LogP contribution in [0, 0.1) is 11.3 Å². The molecule has 1 N–H and O–H groups in total. The molecular weight excluding hydrogens is 326 g/mol. The molecule has 0 aliphatic rings. The van der Waals surface area contributed by atoms with Crippen LogP contribution in [0.25, 0.3) is 11.3 Å². The number of aromatic amines is 1. The number of anilines is 1. The number of H-pyrrole nitrogens is 1. The number of nitrogens with one attached hydrogen (secondary N) is 1. The van der Waals surface area contributed by atoms with Crippen molar-refractivity contribution >= 4 is 5.69 Å². The predicted octanol–water partition coefficient (Wildman–Crippen LogP) is 3.77. The lowest BCUT2D eigenvalue weighted by molar-refractivity contribution is 0.306. The first-order valence-corrected chi connectivity index (χ1v) is 8.63. The van der Waals surface area contributed by atoms with Gasteiger partial charge in [0.1, 0.15) is 24.1 Å². The summed E-state index contributed by atoms with van der Waals surface area (Å²) in [5, 5.41) is 19.5. The van der Waals surface area contributed by atoms with Gasteiger partial charge in [0, 0.05) is 30.4 Å². The number of aromatic nitrogens is 3. The highest BCUT2D eigenvalue weighted by Gasteiger charge is 2.10. The largest absolute Gasteiger partial charge is 0.489 e. The summed E-state index contributed by atoms with van der Waals surface area (Å²) in [7, 11) is 0. The van der Waals surface area contributed by atoms with E-state index in [1.807, 2.05) is 42.5 Å². The SMILES string of the molecule is CCN(CC)c1cccc(OCc2cccc(-c3n[nH]nc3C#N)c2)c1. The van der Waals surface area contributed by atoms with E-state index in [1.165, 1.54) is 0 Å². The lowest BCUT2D eigenvalue weighted by Crippen LogP contribution is -2.21. The summed E-state index contributed by atoms with van der Waals surface area (Å²) in [6.45, 7) is 6.64. The summed E-state index contributed by atoms with van der Waals surface area (Å²) in [6, 6.07) is 17.9. The molecule has 0 radical (unpaired) electrons. The molecule has 2 aromatic carbocycles. The van der Waals surface area contributed by atoms with Gasteiger partial charge in [-0.25, -0.2) is 0 Å². The first kappa shape index (κ1) is 17.5. The van der Waals surface area contributed by atoms with Crippen LogP contribution >= 0.6 is 0 Å². The second-order valence-corrected chi connectivity index (χ2v) is 5.79. The van der Waals surface area contributed by atoms with Crippen LogP contribution in [0.3, 0.4) is 0 Å². The molecular formula is C20H21N5O. The van der Waals surface area contributed by atoms with E-state index in [1.54, 1.807) is 0 Å². The highest BCUT2D eigenvalue weighted by atomic mass is 16.5. The molecule has 0 spiro atoms. The second kappa shape index (κ2) is 8.17. The summed E-state index contributed by atoms with van der Waals surface area (Å²) < 4.78 is 5.97. The minimum atomic E-state index is 0.287. The van der Waals surface area contributed by atoms with E-state index in [4.69, 9.17) is 10.00 Å². The minimum absolute atomic E-state index is 0.287. The highest BCUT2D eigenvalue weighted by Crippen LogP contribution is 2.24. The van der Waals surface area contributed by atoms with E-state index in [-0.39, 0.29) is 5.69 Å². The first-order valence-electron chi connectivity index (χ1n) is 8.63. The van der Waals surface area contributed by atoms with Gasteiger partial charge in [-0.3, -0.25) is 0 Å². The monoisotopic (exact) mass is 347 g/mol. The van der Waals surface area contributed by atoms with Gasteiger partial charge >= 0.3 is 0 Å². The quantitative estimate of drug-likeness (QED) is 0.704. The van der Waals surface area contributed by atoms with E-state index < -0.39 is 0 Å². The Morgan fingerprint density at radius 3 is 2.65 bits per heavy atom. The normalized spacial score (nSPS) is 10.3. The van der Waals surface area contributed by atoms with Crippen LogP contribution in [-0.4, -0.2) is 28.5 Å². The van der Waals surface area contributed by atoms with Crippen molar-refractivity contribution in [3.63, 3.8) is 0 Å². The molecule has 0 fully saturated rings. The van der Waals surface area contributed by atoms with Crippen molar-refractivity contribution in [1.29, 1.82) is 5.26 Å². The smallest absolute Gasteiger partial charge is 0.190 e. The van der Waals surface area contributed by atoms with Gasteiger partial charge < -0.3 is 9.64 Å². The van der Waals surface area contributed by atoms with Crippen LogP contribution < -0.4 is 9.64 Å². The molecule has 0 saturated carbocycles. The van der Waals surface area contributed by atoms with Crippen molar-refractivity contribution in [1.82, 2.24) is 15.4 Å². The highest BCUT2D eigenvalue weighted by molar-refractivity contribution is 5.64. The molecule has 1 aromatic heterocycles. The maximum absolute atomic E-state index is 9.10. The molecule has 132 valence electrons. The Balaban J connectivity index is 1.74. The molecule has 0 atom stereocenters. The fraction of sp³-hybridized carbons (Fsp3) is 0.250. The third-order valence-electron chi connectivity index (χ3n) is 4.21. The summed E-state index contributed by atoms with van der Waals surface area (Å²) in [6.07, 6.45) is 0. The predicted molar refractivity (Wildman–Crippen MR) is 101 cm³/mol. The molecule has 1 heterocycles. The van der Waals surface area contributed by atoms with E-state index in [0.717, 1.165) is 35.7 Å². The van der Waals surface area contributed by atoms with Crippen molar-refractivity contribution < 1.29 is 4.74 Å². The van der Waals surface area contributed by atoms with Crippen LogP contribution in [0.4, 0.5) is 5.69 Å². The number of hydrogen-bond donors (Lipinski definition) is 1. The average Bonchev–Trinajstić information content (AvgIpc) is 3.17. The van der Waals surface area contributed by atoms with Gasteiger partial charge in [-0.2, -0.15) is 15.6 Å². The number of ether oxygens (including phenoxy) is 1. The fourth-order valence-electron chi connectivity index (χ4n) is 2.84. The number of hydrogen-bond acceptors (Lipinski definition) is 5. The van der Waals surface area contributed by atoms with Crippen LogP contribution in [0.5, 0.6) is 5.75 Å². The van der Waals surface area contributed by atoms with Gasteiger partial charge in [0.15, 0.2) is 5.69 Å². The van der Waals surface area contributed by atoms with Gasteiger partial charge in [-0.15, -0.1) is 5.10 Å². The molecule has 0 unspecified atom stereocenters. The van der Waals surface area contributed by atoms with Crippen LogP contribution in [0.15, 0.2) is 48.5 Å². The average molecular weight is 347 g/mol. The summed E-state index contributed by atoms with van der Waals surface area (Å²) in [5.41, 5.74) is 3.84. The number of benzene rings is 2. The number of nitriles is 1. The molecule has 3 rings (SSSR count). The fourth-order valence-corrected chi connectivity index (χ4v) is 2.84. The van der Waals surface area contributed by atoms with Gasteiger partial charge in [-0.05, 0) is 37.6 Å². The van der Waals surface area contributed by atoms with Crippen molar-refractivity contribution in [2.45, 2.75) is 20.5 Å². The molecule has 0 aliphatic carbocycles. The van der Waals surface area contributed by atoms with Gasteiger partial charge in [-0.1, -0.05) is 24.3 Å². The molecule has 0 amide bonds. The third kappa shape index (κ3) is 3.83. The molecule has 0 saturated heterocycles. The van der Waals surface area contributed by atoms with Crippen molar-refractivity contribution in [3.05, 3.63) is 59.8 Å². The van der Waals surface area contributed by atoms with Crippen LogP contribution in [-0.2, 0) is 6.61 Å². The Hall–Kier alpha value is -3.33. The number of nitrogens with zero attached hydrogens (tertiary/aromatic N) is 4. The summed E-state index contributed by atoms with van der Waals surface area (Å²) >= 11 is 0. The Bertz CT molecular complexity index is 908. The van der Waals surface area contributed by atoms with Crippen LogP contribution in [0.2, 0.25) is 0 Å². The number of rotatable bonds is 7. The minimum Gasteiger partial charge on any atom is -0.489 e. The topological polar surface area (TPSA) is 77.8 Å². The zero-order valence-corrected chi connectivity index (χ0v) is 14.9. The Morgan fingerprint density at radius 2 is 1.88 bits per heavy atom. The van der Waals surface area contributed by atoms with Gasteiger partial charge in [0.2, 0.25) is 0 Å². The Morgan fingerprint density at radius 1 is 1.08 bits per heavy atom. The molecule has 0 aliphatic heterocycles. The zero-order valence-electron chi connectivity index (χ0n) is 14.9. The zero-order chi connectivity index (χ0) is 18.4. The standard InChI is InChI=1S/C20H21N5O/c1-3-25(4-2)17-9-6-10-18(12-17)26-14-15-7-5-8-16(11-15)20-19(13-21)22-24-23-20/h5-12H,3-4,14H2,1-2H3,(H,22,23,24). The van der Waals surface area contributed by atoms with Crippen molar-refractivity contribution in [2.24, 2.45) is 0 Å². The van der Waals surface area contributed by atoms with E-state index in [0.29, 0.717) is 12.3 Å². The summed E-state index contributed by atoms with van der Waals surface area (Å²) in [5.74, 6) is 0.832. The van der Waals surface area contributed by atoms with Gasteiger partial charge in [0.05, 0.1) is 0 Å². The van der Waals surface area contributed by atoms with E-state index >= 15 is 0 Å². The van der Waals surface area contributed by atoms with E-state index in [2.05, 4.69) is 46.3 Å². The molecule has 3 aromatic rings. The lowest BCUT2D eigenvalue weighted by atomic mass is 10.1. The molecule has 26 heavy (non-hydrogen) atoms. The Labute approximate surface area is 153 Å². The first-order chi connectivity index (χ1) is 12.7. The lowest BCUT2D eigenvalue weighted by Gasteiger charge is -2.21. The maximum Gasteiger partial charge on any atom is 0.190 e. The molecule has 0 bridgehead atoms. The molecule has 6 nitrogen and oxygen atoms in total. The maximum atomic E-state index is 9.10. The second-order valence-electron chi connectivity index (χ2n) is 5.79.